The van der Waals surface area contributed by atoms with E-state index in [1.165, 1.54) is 18.2 Å². The minimum Gasteiger partial charge on any atom is -0.382 e. The average Bonchev–Trinajstić information content (AvgIpc) is 2.88. The molecule has 0 spiro atoms. The van der Waals surface area contributed by atoms with Crippen LogP contribution in [0.2, 0.25) is 0 Å². The molecule has 29 heavy (non-hydrogen) atoms. The van der Waals surface area contributed by atoms with Gasteiger partial charge in [0.1, 0.15) is 18.0 Å². The molecule has 0 amide bonds. The number of alkyl halides is 2. The number of nitriles is 1. The number of aliphatic hydroxyl groups excluding tert-OH is 1. The van der Waals surface area contributed by atoms with E-state index < -0.39 is 34.1 Å². The van der Waals surface area contributed by atoms with E-state index in [2.05, 4.69) is 0 Å². The number of halogens is 3. The molecule has 4 rings (SSSR count). The number of nitrogens with zero attached hydrogens (tertiary/aromatic N) is 2. The average molecular weight is 422 g/mol. The molecule has 0 fully saturated rings. The number of anilines is 2. The van der Waals surface area contributed by atoms with Crippen molar-refractivity contribution in [3.05, 3.63) is 52.3 Å². The van der Waals surface area contributed by atoms with Gasteiger partial charge in [0, 0.05) is 30.5 Å². The summed E-state index contributed by atoms with van der Waals surface area (Å²) < 4.78 is 66.8. The lowest BCUT2D eigenvalue weighted by atomic mass is 9.95. The van der Waals surface area contributed by atoms with Crippen LogP contribution in [0.25, 0.3) is 0 Å². The van der Waals surface area contributed by atoms with Crippen molar-refractivity contribution in [2.45, 2.75) is 36.2 Å². The predicted octanol–water partition coefficient (Wildman–Crippen LogP) is 3.41. The van der Waals surface area contributed by atoms with Crippen molar-refractivity contribution in [1.29, 1.82) is 5.26 Å². The van der Waals surface area contributed by atoms with E-state index in [0.717, 1.165) is 12.3 Å². The second-order valence-corrected chi connectivity index (χ2v) is 9.40. The van der Waals surface area contributed by atoms with Gasteiger partial charge < -0.3 is 10.0 Å². The molecule has 0 saturated heterocycles. The first-order valence-corrected chi connectivity index (χ1v) is 10.9. The summed E-state index contributed by atoms with van der Waals surface area (Å²) in [6, 6.07) is 6.98. The highest BCUT2D eigenvalue weighted by atomic mass is 32.2. The smallest absolute Gasteiger partial charge is 0.281 e. The van der Waals surface area contributed by atoms with Crippen LogP contribution in [-0.2, 0) is 22.7 Å². The molecule has 2 aromatic carbocycles. The quantitative estimate of drug-likeness (QED) is 0.802. The fourth-order valence-electron chi connectivity index (χ4n) is 4.27. The summed E-state index contributed by atoms with van der Waals surface area (Å²) >= 11 is 0. The number of fused-ring (bicyclic) bond motifs is 2. The van der Waals surface area contributed by atoms with Crippen molar-refractivity contribution in [2.75, 3.05) is 17.7 Å². The Kier molecular flexibility index (Phi) is 4.40. The molecule has 1 aliphatic carbocycles. The molecule has 152 valence electrons. The van der Waals surface area contributed by atoms with Gasteiger partial charge in [-0.1, -0.05) is 0 Å². The molecule has 0 saturated carbocycles. The molecule has 1 aliphatic heterocycles. The van der Waals surface area contributed by atoms with Gasteiger partial charge in [-0.05, 0) is 48.2 Å². The van der Waals surface area contributed by atoms with E-state index in [4.69, 9.17) is 0 Å². The van der Waals surface area contributed by atoms with Gasteiger partial charge in [0.25, 0.3) is 5.92 Å². The largest absolute Gasteiger partial charge is 0.382 e. The number of rotatable bonds is 2. The fourth-order valence-corrected chi connectivity index (χ4v) is 5.22. The number of benzene rings is 2. The van der Waals surface area contributed by atoms with Crippen molar-refractivity contribution in [2.24, 2.45) is 0 Å². The topological polar surface area (TPSA) is 81.4 Å². The summed E-state index contributed by atoms with van der Waals surface area (Å²) in [5.41, 5.74) is 1.12. The highest BCUT2D eigenvalue weighted by Crippen LogP contribution is 2.50. The summed E-state index contributed by atoms with van der Waals surface area (Å²) in [6.07, 6.45) is -1.03. The number of sulfone groups is 1. The van der Waals surface area contributed by atoms with Crippen molar-refractivity contribution in [3.8, 4) is 6.07 Å². The summed E-state index contributed by atoms with van der Waals surface area (Å²) in [6.45, 7) is 0.389. The van der Waals surface area contributed by atoms with Gasteiger partial charge in [0.15, 0.2) is 9.84 Å². The number of hydrogen-bond acceptors (Lipinski definition) is 5. The number of hydrogen-bond donors (Lipinski definition) is 1. The van der Waals surface area contributed by atoms with E-state index in [9.17, 15) is 32.0 Å². The Morgan fingerprint density at radius 2 is 2.03 bits per heavy atom. The van der Waals surface area contributed by atoms with E-state index in [1.807, 2.05) is 6.07 Å². The molecule has 9 heteroatoms. The second-order valence-electron chi connectivity index (χ2n) is 7.42. The lowest BCUT2D eigenvalue weighted by molar-refractivity contribution is -0.0975. The van der Waals surface area contributed by atoms with Crippen LogP contribution < -0.4 is 4.90 Å². The Labute approximate surface area is 165 Å². The van der Waals surface area contributed by atoms with E-state index in [-0.39, 0.29) is 21.6 Å². The van der Waals surface area contributed by atoms with Gasteiger partial charge >= 0.3 is 0 Å². The predicted molar refractivity (Wildman–Crippen MR) is 99.6 cm³/mol. The number of aryl methyl sites for hydroxylation is 1. The van der Waals surface area contributed by atoms with Crippen LogP contribution in [0.15, 0.2) is 29.2 Å². The molecular weight excluding hydrogens is 405 g/mol. The lowest BCUT2D eigenvalue weighted by Crippen LogP contribution is -2.27. The minimum atomic E-state index is -3.85. The molecule has 2 aliphatic rings. The van der Waals surface area contributed by atoms with Gasteiger partial charge in [-0.3, -0.25) is 0 Å². The molecule has 1 heterocycles. The Hall–Kier alpha value is -2.57. The van der Waals surface area contributed by atoms with Crippen LogP contribution in [-0.4, -0.2) is 32.2 Å². The minimum absolute atomic E-state index is 0.0338. The van der Waals surface area contributed by atoms with Gasteiger partial charge in [0.2, 0.25) is 0 Å². The first kappa shape index (κ1) is 19.7. The SMILES string of the molecule is CS(=O)(=O)c1ccc(N2CCCc3cc(F)cc(C#N)c32)c2c1[C@H](O)C(F)(F)C2. The molecule has 0 unspecified atom stereocenters. The zero-order valence-corrected chi connectivity index (χ0v) is 16.2. The first-order chi connectivity index (χ1) is 13.5. The molecule has 2 aromatic rings. The molecule has 1 N–H and O–H groups in total. The Morgan fingerprint density at radius 3 is 2.69 bits per heavy atom. The maximum Gasteiger partial charge on any atom is 0.281 e. The van der Waals surface area contributed by atoms with Gasteiger partial charge in [-0.25, -0.2) is 21.6 Å². The van der Waals surface area contributed by atoms with Crippen LogP contribution in [0.4, 0.5) is 24.5 Å². The first-order valence-electron chi connectivity index (χ1n) is 8.96. The van der Waals surface area contributed by atoms with Gasteiger partial charge in [-0.15, -0.1) is 0 Å². The Balaban J connectivity index is 1.98. The van der Waals surface area contributed by atoms with Gasteiger partial charge in [-0.2, -0.15) is 5.26 Å². The van der Waals surface area contributed by atoms with Crippen LogP contribution in [0, 0.1) is 17.1 Å². The zero-order chi connectivity index (χ0) is 21.1. The monoisotopic (exact) mass is 422 g/mol. The van der Waals surface area contributed by atoms with E-state index in [0.29, 0.717) is 36.3 Å². The second kappa shape index (κ2) is 6.47. The van der Waals surface area contributed by atoms with Crippen LogP contribution >= 0.6 is 0 Å². The standard InChI is InChI=1S/C20H17F3N2O3S/c1-29(27,28)16-5-4-15(14-9-20(22,23)19(26)17(14)16)25-6-2-3-11-7-13(21)8-12(10-24)18(11)25/h4-5,7-8,19,26H,2-3,6,9H2,1H3/t19-/m0/s1. The normalized spacial score (nSPS) is 20.1. The van der Waals surface area contributed by atoms with E-state index >= 15 is 0 Å². The maximum absolute atomic E-state index is 14.4. The highest BCUT2D eigenvalue weighted by molar-refractivity contribution is 7.90. The summed E-state index contributed by atoms with van der Waals surface area (Å²) in [4.78, 5) is 1.31. The third-order valence-corrected chi connectivity index (χ3v) is 6.60. The lowest BCUT2D eigenvalue weighted by Gasteiger charge is -2.34. The third kappa shape index (κ3) is 3.07. The highest BCUT2D eigenvalue weighted by Gasteiger charge is 2.50. The summed E-state index contributed by atoms with van der Waals surface area (Å²) in [5, 5.41) is 19.6. The van der Waals surface area contributed by atoms with Crippen molar-refractivity contribution >= 4 is 21.2 Å². The molecule has 1 atom stereocenters. The fraction of sp³-hybridized carbons (Fsp3) is 0.350. The molecule has 0 bridgehead atoms. The Bertz CT molecular complexity index is 1170. The zero-order valence-electron chi connectivity index (χ0n) is 15.4. The van der Waals surface area contributed by atoms with Crippen LogP contribution in [0.5, 0.6) is 0 Å². The molecular formula is C20H17F3N2O3S. The molecule has 5 nitrogen and oxygen atoms in total. The van der Waals surface area contributed by atoms with Crippen LogP contribution in [0.1, 0.15) is 34.8 Å². The summed E-state index contributed by atoms with van der Waals surface area (Å²) in [5.74, 6) is -4.07. The van der Waals surface area contributed by atoms with Crippen molar-refractivity contribution in [3.63, 3.8) is 0 Å². The Morgan fingerprint density at radius 1 is 1.31 bits per heavy atom. The summed E-state index contributed by atoms with van der Waals surface area (Å²) in [7, 11) is -3.85. The molecule has 0 radical (unpaired) electrons. The van der Waals surface area contributed by atoms with Gasteiger partial charge in [0.05, 0.1) is 16.1 Å². The van der Waals surface area contributed by atoms with E-state index in [1.54, 1.807) is 4.90 Å². The molecule has 0 aromatic heterocycles. The van der Waals surface area contributed by atoms with Crippen molar-refractivity contribution < 1.29 is 26.7 Å². The van der Waals surface area contributed by atoms with Crippen LogP contribution in [0.3, 0.4) is 0 Å². The third-order valence-electron chi connectivity index (χ3n) is 5.44. The maximum atomic E-state index is 14.4. The van der Waals surface area contributed by atoms with Crippen molar-refractivity contribution in [1.82, 2.24) is 0 Å². The number of aliphatic hydroxyl groups is 1.